The molecule has 1 rings (SSSR count). The van der Waals surface area contributed by atoms with Crippen LogP contribution in [-0.2, 0) is 14.3 Å². The summed E-state index contributed by atoms with van der Waals surface area (Å²) in [5.41, 5.74) is 0.257. The minimum Gasteiger partial charge on any atom is -0.506 e. The van der Waals surface area contributed by atoms with Crippen molar-refractivity contribution in [3.8, 4) is 11.5 Å². The molecule has 7 heteroatoms. The van der Waals surface area contributed by atoms with Crippen LogP contribution in [0.4, 0.5) is 0 Å². The van der Waals surface area contributed by atoms with Crippen LogP contribution in [0.5, 0.6) is 11.5 Å². The van der Waals surface area contributed by atoms with E-state index in [1.165, 1.54) is 24.3 Å². The first-order chi connectivity index (χ1) is 10.4. The molecule has 0 bridgehead atoms. The van der Waals surface area contributed by atoms with E-state index < -0.39 is 11.8 Å². The van der Waals surface area contributed by atoms with Crippen molar-refractivity contribution in [2.75, 3.05) is 12.9 Å². The van der Waals surface area contributed by atoms with E-state index in [1.807, 2.05) is 0 Å². The summed E-state index contributed by atoms with van der Waals surface area (Å²) >= 11 is 1.14. The Hall–Kier alpha value is -2.41. The van der Waals surface area contributed by atoms with Crippen molar-refractivity contribution in [2.45, 2.75) is 6.92 Å². The van der Waals surface area contributed by atoms with Gasteiger partial charge < -0.3 is 20.1 Å². The molecule has 0 saturated heterocycles. The molecule has 0 radical (unpaired) electrons. The Morgan fingerprint density at radius 1 is 1.23 bits per heavy atom. The third-order valence-corrected chi connectivity index (χ3v) is 3.33. The highest BCUT2D eigenvalue weighted by Gasteiger charge is 2.12. The summed E-state index contributed by atoms with van der Waals surface area (Å²) < 4.78 is 4.56. The monoisotopic (exact) mass is 324 g/mol. The molecule has 0 aliphatic carbocycles. The molecule has 0 aliphatic heterocycles. The van der Waals surface area contributed by atoms with Gasteiger partial charge in [0.2, 0.25) is 0 Å². The Morgan fingerprint density at radius 2 is 1.91 bits per heavy atom. The van der Waals surface area contributed by atoms with Gasteiger partial charge in [-0.05, 0) is 43.5 Å². The first-order valence-electron chi connectivity index (χ1n) is 6.29. The molecule has 0 fully saturated rings. The first kappa shape index (κ1) is 17.6. The van der Waals surface area contributed by atoms with E-state index >= 15 is 0 Å². The quantitative estimate of drug-likeness (QED) is 0.184. The lowest BCUT2D eigenvalue weighted by Crippen LogP contribution is -2.14. The smallest absolute Gasteiger partial charge is 0.379 e. The molecule has 22 heavy (non-hydrogen) atoms. The molecule has 0 heterocycles. The number of hydrogen-bond acceptors (Lipinski definition) is 7. The number of hydrogen-bond donors (Lipinski definition) is 3. The van der Waals surface area contributed by atoms with Gasteiger partial charge in [0.15, 0.2) is 11.5 Å². The summed E-state index contributed by atoms with van der Waals surface area (Å²) in [6, 6.07) is 3.82. The van der Waals surface area contributed by atoms with Gasteiger partial charge in [0.05, 0.1) is 6.61 Å². The van der Waals surface area contributed by atoms with Crippen LogP contribution in [0.2, 0.25) is 0 Å². The van der Waals surface area contributed by atoms with Crippen molar-refractivity contribution in [3.05, 3.63) is 40.8 Å². The zero-order valence-corrected chi connectivity index (χ0v) is 12.9. The Morgan fingerprint density at radius 3 is 2.45 bits per heavy atom. The van der Waals surface area contributed by atoms with Crippen LogP contribution in [0.1, 0.15) is 12.5 Å². The number of benzene rings is 1. The van der Waals surface area contributed by atoms with E-state index in [-0.39, 0.29) is 29.4 Å². The van der Waals surface area contributed by atoms with Crippen molar-refractivity contribution < 1.29 is 29.6 Å². The molecule has 0 atom stereocenters. The van der Waals surface area contributed by atoms with Crippen LogP contribution in [0, 0.1) is 0 Å². The third kappa shape index (κ3) is 4.56. The van der Waals surface area contributed by atoms with Crippen molar-refractivity contribution >= 4 is 29.3 Å². The second-order valence-electron chi connectivity index (χ2n) is 4.04. The first-order valence-corrected chi connectivity index (χ1v) is 7.51. The van der Waals surface area contributed by atoms with Gasteiger partial charge in [-0.3, -0.25) is 4.79 Å². The molecule has 118 valence electrons. The van der Waals surface area contributed by atoms with Gasteiger partial charge in [0, 0.05) is 10.5 Å². The number of phenolic OH excluding ortho intramolecular Hbond substituents is 2. The molecule has 6 nitrogen and oxygen atoms in total. The number of allylic oxidation sites excluding steroid dienone is 1. The number of carbonyl (C=O) groups is 2. The van der Waals surface area contributed by atoms with E-state index in [9.17, 15) is 24.9 Å². The molecule has 0 unspecified atom stereocenters. The number of aromatic hydroxyl groups is 2. The van der Waals surface area contributed by atoms with Gasteiger partial charge in [0.25, 0.3) is 5.78 Å². The number of thioether (sulfide) groups is 1. The highest BCUT2D eigenvalue weighted by Crippen LogP contribution is 2.31. The van der Waals surface area contributed by atoms with Gasteiger partial charge in [-0.15, -0.1) is 11.8 Å². The highest BCUT2D eigenvalue weighted by molar-refractivity contribution is 8.02. The number of carbonyl (C=O) groups excluding carboxylic acids is 2. The van der Waals surface area contributed by atoms with Crippen molar-refractivity contribution in [2.24, 2.45) is 0 Å². The summed E-state index contributed by atoms with van der Waals surface area (Å²) in [6.07, 6.45) is 3.95. The van der Waals surface area contributed by atoms with Gasteiger partial charge in [-0.1, -0.05) is 0 Å². The zero-order chi connectivity index (χ0) is 16.7. The molecular formula is C15H16O6S. The van der Waals surface area contributed by atoms with Gasteiger partial charge in [-0.2, -0.15) is 0 Å². The number of ether oxygens (including phenoxy) is 1. The summed E-state index contributed by atoms with van der Waals surface area (Å²) in [6.45, 7) is 1.69. The zero-order valence-electron chi connectivity index (χ0n) is 12.1. The molecule has 1 aromatic rings. The van der Waals surface area contributed by atoms with E-state index in [4.69, 9.17) is 0 Å². The molecule has 1 aromatic carbocycles. The standard InChI is InChI=1S/C15H16O6S/c1-3-21-15(20)11(17)6-7-13(22-2)14(19)9-4-5-10(16)12(18)8-9/h4-8,16,18-19H,3H2,1-2H3. The molecule has 0 saturated carbocycles. The predicted molar refractivity (Wildman–Crippen MR) is 83.6 cm³/mol. The molecular weight excluding hydrogens is 308 g/mol. The topological polar surface area (TPSA) is 104 Å². The maximum atomic E-state index is 11.5. The maximum absolute atomic E-state index is 11.5. The number of aliphatic hydroxyl groups excluding tert-OH is 1. The van der Waals surface area contributed by atoms with Crippen LogP contribution < -0.4 is 0 Å². The maximum Gasteiger partial charge on any atom is 0.379 e. The average Bonchev–Trinajstić information content (AvgIpc) is 2.50. The van der Waals surface area contributed by atoms with E-state index in [1.54, 1.807) is 13.2 Å². The molecule has 0 spiro atoms. The van der Waals surface area contributed by atoms with Gasteiger partial charge in [-0.25, -0.2) is 4.79 Å². The lowest BCUT2D eigenvalue weighted by molar-refractivity contribution is -0.151. The fourth-order valence-corrected chi connectivity index (χ4v) is 1.99. The van der Waals surface area contributed by atoms with Crippen LogP contribution in [-0.4, -0.2) is 39.9 Å². The summed E-state index contributed by atoms with van der Waals surface area (Å²) in [5.74, 6) is -2.70. The minimum absolute atomic E-state index is 0.0989. The SMILES string of the molecule is CCOC(=O)C(=O)C=CC(SC)=C(O)c1ccc(O)c(O)c1. The minimum atomic E-state index is -0.971. The number of ketones is 1. The fourth-order valence-electron chi connectivity index (χ4n) is 1.48. The predicted octanol–water partition coefficient (Wildman–Crippen LogP) is 2.38. The van der Waals surface area contributed by atoms with Crippen LogP contribution in [0.15, 0.2) is 35.3 Å². The average molecular weight is 324 g/mol. The molecule has 0 aromatic heterocycles. The Balaban J connectivity index is 3.04. The van der Waals surface area contributed by atoms with Crippen molar-refractivity contribution in [1.29, 1.82) is 0 Å². The van der Waals surface area contributed by atoms with Crippen LogP contribution in [0.3, 0.4) is 0 Å². The largest absolute Gasteiger partial charge is 0.506 e. The van der Waals surface area contributed by atoms with E-state index in [0.29, 0.717) is 4.91 Å². The van der Waals surface area contributed by atoms with E-state index in [0.717, 1.165) is 17.8 Å². The summed E-state index contributed by atoms with van der Waals surface area (Å²) in [7, 11) is 0. The number of esters is 1. The van der Waals surface area contributed by atoms with Crippen LogP contribution in [0.25, 0.3) is 5.76 Å². The number of aliphatic hydroxyl groups is 1. The van der Waals surface area contributed by atoms with E-state index in [2.05, 4.69) is 4.74 Å². The number of phenols is 2. The lowest BCUT2D eigenvalue weighted by atomic mass is 10.1. The number of rotatable bonds is 6. The third-order valence-electron chi connectivity index (χ3n) is 2.56. The second kappa shape index (κ2) is 8.14. The lowest BCUT2D eigenvalue weighted by Gasteiger charge is -2.06. The second-order valence-corrected chi connectivity index (χ2v) is 4.89. The Labute approximate surface area is 131 Å². The molecule has 0 aliphatic rings. The molecule has 3 N–H and O–H groups in total. The van der Waals surface area contributed by atoms with Crippen molar-refractivity contribution in [3.63, 3.8) is 0 Å². The summed E-state index contributed by atoms with van der Waals surface area (Å²) in [4.78, 5) is 23.0. The Bertz CT molecular complexity index is 633. The normalized spacial score (nSPS) is 12.1. The fraction of sp³-hybridized carbons (Fsp3) is 0.200. The highest BCUT2D eigenvalue weighted by atomic mass is 32.2. The van der Waals surface area contributed by atoms with Gasteiger partial charge >= 0.3 is 5.97 Å². The van der Waals surface area contributed by atoms with Gasteiger partial charge in [0.1, 0.15) is 5.76 Å². The van der Waals surface area contributed by atoms with Crippen LogP contribution >= 0.6 is 11.8 Å². The van der Waals surface area contributed by atoms with Crippen molar-refractivity contribution in [1.82, 2.24) is 0 Å². The summed E-state index contributed by atoms with van der Waals surface area (Å²) in [5, 5.41) is 28.8. The molecule has 0 amide bonds. The Kier molecular flexibility index (Phi) is 6.52.